The van der Waals surface area contributed by atoms with Gasteiger partial charge in [0.25, 0.3) is 5.91 Å². The van der Waals surface area contributed by atoms with Crippen molar-refractivity contribution in [2.45, 2.75) is 20.1 Å². The molecule has 34 heavy (non-hydrogen) atoms. The Balaban J connectivity index is 1.44. The van der Waals surface area contributed by atoms with E-state index in [0.29, 0.717) is 33.5 Å². The molecule has 1 amide bonds. The number of halogens is 2. The van der Waals surface area contributed by atoms with Gasteiger partial charge < -0.3 is 14.8 Å². The van der Waals surface area contributed by atoms with Gasteiger partial charge in [-0.15, -0.1) is 0 Å². The molecule has 0 atom stereocenters. The van der Waals surface area contributed by atoms with Gasteiger partial charge >= 0.3 is 0 Å². The van der Waals surface area contributed by atoms with E-state index in [2.05, 4.69) is 10.4 Å². The molecule has 4 aromatic rings. The predicted octanol–water partition coefficient (Wildman–Crippen LogP) is 5.87. The third-order valence-electron chi connectivity index (χ3n) is 5.24. The fourth-order valence-electron chi connectivity index (χ4n) is 3.45. The van der Waals surface area contributed by atoms with E-state index < -0.39 is 5.82 Å². The summed E-state index contributed by atoms with van der Waals surface area (Å²) in [5.74, 6) is 0.911. The highest BCUT2D eigenvalue weighted by molar-refractivity contribution is 6.31. The zero-order chi connectivity index (χ0) is 24.1. The number of para-hydroxylation sites is 2. The number of nitrogens with zero attached hydrogens (tertiary/aromatic N) is 2. The smallest absolute Gasteiger partial charge is 0.256 e. The number of carbonyl (C=O) groups excluding carboxylic acids is 1. The van der Waals surface area contributed by atoms with Crippen molar-refractivity contribution in [3.63, 3.8) is 0 Å². The predicted molar refractivity (Wildman–Crippen MR) is 129 cm³/mol. The molecule has 0 saturated carbocycles. The van der Waals surface area contributed by atoms with E-state index in [1.54, 1.807) is 48.2 Å². The minimum Gasteiger partial charge on any atom is -0.493 e. The summed E-state index contributed by atoms with van der Waals surface area (Å²) in [6.45, 7) is 2.26. The quantitative estimate of drug-likeness (QED) is 0.343. The number of hydrogen-bond acceptors (Lipinski definition) is 4. The van der Waals surface area contributed by atoms with Gasteiger partial charge in [-0.3, -0.25) is 9.48 Å². The van der Waals surface area contributed by atoms with E-state index in [1.165, 1.54) is 6.07 Å². The van der Waals surface area contributed by atoms with E-state index >= 15 is 0 Å². The maximum absolute atomic E-state index is 14.1. The van der Waals surface area contributed by atoms with Crippen LogP contribution in [0.15, 0.2) is 72.8 Å². The number of nitrogens with one attached hydrogen (secondary N) is 1. The summed E-state index contributed by atoms with van der Waals surface area (Å²) < 4.78 is 26.9. The fourth-order valence-corrected chi connectivity index (χ4v) is 3.68. The SMILES string of the molecule is COc1ccccc1OCc1cccc(C(=O)Nc2cc(C)n(Cc3c(F)cccc3Cl)n2)c1. The van der Waals surface area contributed by atoms with Gasteiger partial charge in [0.2, 0.25) is 0 Å². The van der Waals surface area contributed by atoms with E-state index in [0.717, 1.165) is 11.3 Å². The lowest BCUT2D eigenvalue weighted by Gasteiger charge is -2.11. The molecule has 0 spiro atoms. The van der Waals surface area contributed by atoms with Crippen molar-refractivity contribution in [1.82, 2.24) is 9.78 Å². The highest BCUT2D eigenvalue weighted by Gasteiger charge is 2.14. The molecular weight excluding hydrogens is 457 g/mol. The third-order valence-corrected chi connectivity index (χ3v) is 5.60. The molecule has 3 aromatic carbocycles. The summed E-state index contributed by atoms with van der Waals surface area (Å²) in [5, 5.41) is 7.51. The summed E-state index contributed by atoms with van der Waals surface area (Å²) in [4.78, 5) is 12.8. The van der Waals surface area contributed by atoms with Gasteiger partial charge in [0.1, 0.15) is 12.4 Å². The normalized spacial score (nSPS) is 10.7. The van der Waals surface area contributed by atoms with E-state index in [1.807, 2.05) is 37.3 Å². The second kappa shape index (κ2) is 10.4. The molecule has 6 nitrogen and oxygen atoms in total. The number of methoxy groups -OCH3 is 1. The highest BCUT2D eigenvalue weighted by atomic mass is 35.5. The van der Waals surface area contributed by atoms with Gasteiger partial charge in [0.15, 0.2) is 17.3 Å². The highest BCUT2D eigenvalue weighted by Crippen LogP contribution is 2.27. The minimum absolute atomic E-state index is 0.156. The Kier molecular flexibility index (Phi) is 7.13. The van der Waals surface area contributed by atoms with Crippen LogP contribution >= 0.6 is 11.6 Å². The number of aryl methyl sites for hydroxylation is 1. The van der Waals surface area contributed by atoms with Gasteiger partial charge in [-0.1, -0.05) is 41.9 Å². The van der Waals surface area contributed by atoms with E-state index in [9.17, 15) is 9.18 Å². The number of rotatable bonds is 8. The molecule has 1 N–H and O–H groups in total. The third kappa shape index (κ3) is 5.38. The van der Waals surface area contributed by atoms with Crippen LogP contribution in [0.4, 0.5) is 10.2 Å². The molecule has 0 saturated heterocycles. The van der Waals surface area contributed by atoms with Crippen LogP contribution in [0.2, 0.25) is 5.02 Å². The maximum atomic E-state index is 14.1. The number of ether oxygens (including phenoxy) is 2. The number of amides is 1. The Hall–Kier alpha value is -3.84. The molecule has 8 heteroatoms. The van der Waals surface area contributed by atoms with Gasteiger partial charge in [0, 0.05) is 27.9 Å². The molecule has 4 rings (SSSR count). The Bertz CT molecular complexity index is 1300. The number of aromatic nitrogens is 2. The first-order chi connectivity index (χ1) is 16.4. The fraction of sp³-hybridized carbons (Fsp3) is 0.154. The van der Waals surface area contributed by atoms with Crippen LogP contribution in [-0.4, -0.2) is 22.8 Å². The Morgan fingerprint density at radius 1 is 1.06 bits per heavy atom. The lowest BCUT2D eigenvalue weighted by Crippen LogP contribution is -2.13. The standard InChI is InChI=1S/C26H23ClFN3O3/c1-17-13-25(30-31(17)15-20-21(27)9-6-10-22(20)28)29-26(32)19-8-5-7-18(14-19)16-34-24-12-4-3-11-23(24)33-2/h3-14H,15-16H2,1-2H3,(H,29,30,32). The molecule has 1 aromatic heterocycles. The van der Waals surface area contributed by atoms with Crippen LogP contribution in [0.25, 0.3) is 0 Å². The molecule has 0 unspecified atom stereocenters. The summed E-state index contributed by atoms with van der Waals surface area (Å²) in [7, 11) is 1.58. The Morgan fingerprint density at radius 3 is 2.59 bits per heavy atom. The van der Waals surface area contributed by atoms with Crippen molar-refractivity contribution in [1.29, 1.82) is 0 Å². The lowest BCUT2D eigenvalue weighted by molar-refractivity contribution is 0.102. The van der Waals surface area contributed by atoms with Crippen molar-refractivity contribution in [2.24, 2.45) is 0 Å². The zero-order valence-corrected chi connectivity index (χ0v) is 19.5. The average Bonchev–Trinajstić information content (AvgIpc) is 3.18. The molecule has 0 aliphatic heterocycles. The molecule has 0 bridgehead atoms. The van der Waals surface area contributed by atoms with Crippen LogP contribution in [0, 0.1) is 12.7 Å². The second-order valence-corrected chi connectivity index (χ2v) is 8.03. The summed E-state index contributed by atoms with van der Waals surface area (Å²) >= 11 is 6.13. The van der Waals surface area contributed by atoms with Crippen LogP contribution in [0.5, 0.6) is 11.5 Å². The van der Waals surface area contributed by atoms with Crippen LogP contribution in [0.1, 0.15) is 27.2 Å². The van der Waals surface area contributed by atoms with Crippen LogP contribution in [-0.2, 0) is 13.2 Å². The van der Waals surface area contributed by atoms with Gasteiger partial charge in [0.05, 0.1) is 13.7 Å². The van der Waals surface area contributed by atoms with Crippen LogP contribution in [0.3, 0.4) is 0 Å². The first kappa shape index (κ1) is 23.3. The van der Waals surface area contributed by atoms with E-state index in [4.69, 9.17) is 21.1 Å². The summed E-state index contributed by atoms with van der Waals surface area (Å²) in [6, 6.07) is 20.8. The molecule has 1 heterocycles. The van der Waals surface area contributed by atoms with Crippen molar-refractivity contribution < 1.29 is 18.7 Å². The van der Waals surface area contributed by atoms with Crippen molar-refractivity contribution in [3.05, 3.63) is 106 Å². The molecule has 174 valence electrons. The molecule has 0 aliphatic rings. The number of hydrogen-bond donors (Lipinski definition) is 1. The molecular formula is C26H23ClFN3O3. The first-order valence-corrected chi connectivity index (χ1v) is 11.0. The summed E-state index contributed by atoms with van der Waals surface area (Å²) in [5.41, 5.74) is 2.39. The number of benzene rings is 3. The van der Waals surface area contributed by atoms with Gasteiger partial charge in [-0.25, -0.2) is 4.39 Å². The zero-order valence-electron chi connectivity index (χ0n) is 18.7. The first-order valence-electron chi connectivity index (χ1n) is 10.6. The molecule has 0 aliphatic carbocycles. The van der Waals surface area contributed by atoms with Crippen LogP contribution < -0.4 is 14.8 Å². The Morgan fingerprint density at radius 2 is 1.82 bits per heavy atom. The van der Waals surface area contributed by atoms with Gasteiger partial charge in [-0.2, -0.15) is 5.10 Å². The van der Waals surface area contributed by atoms with Gasteiger partial charge in [-0.05, 0) is 48.9 Å². The average molecular weight is 480 g/mol. The second-order valence-electron chi connectivity index (χ2n) is 7.62. The molecule has 0 fully saturated rings. The number of anilines is 1. The topological polar surface area (TPSA) is 65.4 Å². The Labute approximate surface area is 201 Å². The monoisotopic (exact) mass is 479 g/mol. The largest absolute Gasteiger partial charge is 0.493 e. The lowest BCUT2D eigenvalue weighted by atomic mass is 10.1. The number of carbonyl (C=O) groups is 1. The van der Waals surface area contributed by atoms with Crippen molar-refractivity contribution >= 4 is 23.3 Å². The van der Waals surface area contributed by atoms with Crippen molar-refractivity contribution in [3.8, 4) is 11.5 Å². The maximum Gasteiger partial charge on any atom is 0.256 e. The van der Waals surface area contributed by atoms with E-state index in [-0.39, 0.29) is 19.1 Å². The minimum atomic E-state index is -0.403. The molecule has 0 radical (unpaired) electrons. The van der Waals surface area contributed by atoms with Crippen molar-refractivity contribution in [2.75, 3.05) is 12.4 Å². The summed E-state index contributed by atoms with van der Waals surface area (Å²) in [6.07, 6.45) is 0.